The number of aliphatic hydroxyl groups excluding tert-OH is 5. The van der Waals surface area contributed by atoms with Crippen molar-refractivity contribution in [3.8, 4) is 0 Å². The molecule has 3 rings (SSSR count). The molecule has 1 unspecified atom stereocenters. The van der Waals surface area contributed by atoms with E-state index in [9.17, 15) is 35.3 Å². The lowest BCUT2D eigenvalue weighted by atomic mass is 9.97. The van der Waals surface area contributed by atoms with Crippen molar-refractivity contribution in [1.82, 2.24) is 0 Å². The third-order valence-corrected chi connectivity index (χ3v) is 4.76. The van der Waals surface area contributed by atoms with Crippen LogP contribution >= 0.6 is 0 Å². The van der Waals surface area contributed by atoms with E-state index in [4.69, 9.17) is 9.84 Å². The van der Waals surface area contributed by atoms with Gasteiger partial charge in [-0.05, 0) is 13.0 Å². The van der Waals surface area contributed by atoms with E-state index in [1.54, 1.807) is 0 Å². The van der Waals surface area contributed by atoms with Crippen molar-refractivity contribution >= 4 is 22.9 Å². The van der Waals surface area contributed by atoms with Crippen molar-refractivity contribution in [3.63, 3.8) is 0 Å². The summed E-state index contributed by atoms with van der Waals surface area (Å²) in [6, 6.07) is 2.39. The Morgan fingerprint density at radius 2 is 1.96 bits per heavy atom. The highest BCUT2D eigenvalue weighted by molar-refractivity contribution is 6.36. The van der Waals surface area contributed by atoms with Gasteiger partial charge in [0, 0.05) is 17.3 Å². The highest BCUT2D eigenvalue weighted by atomic mass is 16.6. The number of benzene rings is 1. The van der Waals surface area contributed by atoms with Crippen LogP contribution in [0.4, 0.5) is 5.69 Å². The average Bonchev–Trinajstić information content (AvgIpc) is 2.92. The van der Waals surface area contributed by atoms with Crippen molar-refractivity contribution < 1.29 is 40.0 Å². The molecule has 0 amide bonds. The van der Waals surface area contributed by atoms with Crippen LogP contribution in [0.5, 0.6) is 0 Å². The van der Waals surface area contributed by atoms with E-state index in [0.29, 0.717) is 0 Å². The van der Waals surface area contributed by atoms with Gasteiger partial charge in [0.2, 0.25) is 5.78 Å². The van der Waals surface area contributed by atoms with E-state index in [2.05, 4.69) is 4.99 Å². The maximum absolute atomic E-state index is 12.7. The molecule has 1 aromatic carbocycles. The summed E-state index contributed by atoms with van der Waals surface area (Å²) in [6.45, 7) is 0.666. The van der Waals surface area contributed by atoms with Crippen LogP contribution in [0.1, 0.15) is 22.8 Å². The first kappa shape index (κ1) is 20.0. The molecule has 1 aliphatic carbocycles. The molecule has 0 spiro atoms. The number of ether oxygens (including phenoxy) is 1. The standard InChI is InChI=1S/C17H18N2O9/c1-6(18-12-16(24)14(22)9(5-20)28-17(12)25)10-13(21)7-3-2-4-8(19(26)27)11(7)15(10)23/h2-4,9,12,14,16-17,20-22,24-25H,5H2,1H3/t9-,12-,14-,16-,17?/m1/s1. The van der Waals surface area contributed by atoms with Crippen LogP contribution in [-0.4, -0.2) is 79.2 Å². The molecule has 5 atom stereocenters. The number of carbonyl (C=O) groups is 1. The lowest BCUT2D eigenvalue weighted by Gasteiger charge is -2.38. The second-order valence-electron chi connectivity index (χ2n) is 6.44. The molecule has 0 bridgehead atoms. The zero-order chi connectivity index (χ0) is 20.7. The number of nitrogens with zero attached hydrogens (tertiary/aromatic N) is 2. The summed E-state index contributed by atoms with van der Waals surface area (Å²) in [4.78, 5) is 27.1. The number of hydrogen-bond donors (Lipinski definition) is 5. The molecule has 1 saturated heterocycles. The van der Waals surface area contributed by atoms with E-state index in [1.807, 2.05) is 0 Å². The van der Waals surface area contributed by atoms with Gasteiger partial charge in [-0.25, -0.2) is 0 Å². The first-order chi connectivity index (χ1) is 13.2. The van der Waals surface area contributed by atoms with Crippen molar-refractivity contribution in [2.75, 3.05) is 6.61 Å². The van der Waals surface area contributed by atoms with Gasteiger partial charge < -0.3 is 30.3 Å². The zero-order valence-electron chi connectivity index (χ0n) is 14.6. The Morgan fingerprint density at radius 1 is 1.29 bits per heavy atom. The van der Waals surface area contributed by atoms with Crippen LogP contribution in [0.25, 0.3) is 5.76 Å². The number of carbonyl (C=O) groups excluding carboxylic acids is 1. The maximum atomic E-state index is 12.7. The molecule has 1 heterocycles. The molecule has 1 fully saturated rings. The monoisotopic (exact) mass is 394 g/mol. The Labute approximate surface area is 158 Å². The number of rotatable bonds is 4. The van der Waals surface area contributed by atoms with Gasteiger partial charge in [-0.15, -0.1) is 0 Å². The Bertz CT molecular complexity index is 895. The molecule has 2 aliphatic rings. The highest BCUT2D eigenvalue weighted by Gasteiger charge is 2.44. The Hall–Kier alpha value is -2.70. The number of aliphatic hydroxyl groups is 5. The predicted molar refractivity (Wildman–Crippen MR) is 93.9 cm³/mol. The summed E-state index contributed by atoms with van der Waals surface area (Å²) in [5, 5.41) is 60.8. The number of ketones is 1. The van der Waals surface area contributed by atoms with Crippen LogP contribution < -0.4 is 0 Å². The topological polar surface area (TPSA) is 183 Å². The summed E-state index contributed by atoms with van der Waals surface area (Å²) in [7, 11) is 0. The van der Waals surface area contributed by atoms with E-state index < -0.39 is 59.4 Å². The molecular formula is C17H18N2O9. The minimum absolute atomic E-state index is 0.0230. The minimum atomic E-state index is -1.69. The quantitative estimate of drug-likeness (QED) is 0.251. The fraction of sp³-hybridized carbons (Fsp3) is 0.412. The molecule has 0 saturated carbocycles. The summed E-state index contributed by atoms with van der Waals surface area (Å²) in [6.07, 6.45) is -6.08. The Kier molecular flexibility index (Phi) is 5.28. The van der Waals surface area contributed by atoms with Gasteiger partial charge in [-0.2, -0.15) is 0 Å². The molecular weight excluding hydrogens is 376 g/mol. The minimum Gasteiger partial charge on any atom is -0.506 e. The van der Waals surface area contributed by atoms with Gasteiger partial charge in [0.25, 0.3) is 5.69 Å². The third-order valence-electron chi connectivity index (χ3n) is 4.76. The highest BCUT2D eigenvalue weighted by Crippen LogP contribution is 2.37. The molecule has 11 nitrogen and oxygen atoms in total. The summed E-state index contributed by atoms with van der Waals surface area (Å²) in [5.74, 6) is -1.34. The predicted octanol–water partition coefficient (Wildman–Crippen LogP) is -0.679. The van der Waals surface area contributed by atoms with Crippen LogP contribution in [0.3, 0.4) is 0 Å². The number of allylic oxidation sites excluding steroid dienone is 1. The average molecular weight is 394 g/mol. The van der Waals surface area contributed by atoms with Gasteiger partial charge in [-0.1, -0.05) is 6.07 Å². The van der Waals surface area contributed by atoms with Gasteiger partial charge in [0.1, 0.15) is 35.7 Å². The Balaban J connectivity index is 1.98. The number of aliphatic imine (C=N–C) groups is 1. The lowest BCUT2D eigenvalue weighted by Crippen LogP contribution is -2.58. The molecule has 11 heteroatoms. The fourth-order valence-corrected chi connectivity index (χ4v) is 3.34. The van der Waals surface area contributed by atoms with Crippen molar-refractivity contribution in [2.45, 2.75) is 37.6 Å². The molecule has 0 aromatic heterocycles. The normalized spacial score (nSPS) is 30.5. The maximum Gasteiger partial charge on any atom is 0.281 e. The second-order valence-corrected chi connectivity index (χ2v) is 6.44. The zero-order valence-corrected chi connectivity index (χ0v) is 14.6. The number of Topliss-reactive ketones (excluding diaryl/α,β-unsaturated/α-hetero) is 1. The van der Waals surface area contributed by atoms with Crippen LogP contribution in [0, 0.1) is 10.1 Å². The summed E-state index contributed by atoms with van der Waals surface area (Å²) >= 11 is 0. The number of hydrogen-bond acceptors (Lipinski definition) is 10. The number of fused-ring (bicyclic) bond motifs is 1. The van der Waals surface area contributed by atoms with Crippen LogP contribution in [0.15, 0.2) is 28.8 Å². The molecule has 1 aromatic rings. The van der Waals surface area contributed by atoms with E-state index in [-0.39, 0.29) is 22.4 Å². The van der Waals surface area contributed by atoms with Gasteiger partial charge >= 0.3 is 0 Å². The molecule has 1 aliphatic heterocycles. The summed E-state index contributed by atoms with van der Waals surface area (Å²) < 4.78 is 5.00. The van der Waals surface area contributed by atoms with Crippen LogP contribution in [0.2, 0.25) is 0 Å². The molecule has 5 N–H and O–H groups in total. The summed E-state index contributed by atoms with van der Waals surface area (Å²) in [5.41, 5.74) is -1.21. The van der Waals surface area contributed by atoms with Gasteiger partial charge in [-0.3, -0.25) is 19.9 Å². The lowest BCUT2D eigenvalue weighted by molar-refractivity contribution is -0.385. The third kappa shape index (κ3) is 3.08. The molecule has 28 heavy (non-hydrogen) atoms. The van der Waals surface area contributed by atoms with Crippen molar-refractivity contribution in [2.24, 2.45) is 4.99 Å². The van der Waals surface area contributed by atoms with Crippen LogP contribution in [-0.2, 0) is 4.74 Å². The number of nitro groups is 1. The fourth-order valence-electron chi connectivity index (χ4n) is 3.34. The Morgan fingerprint density at radius 3 is 2.57 bits per heavy atom. The van der Waals surface area contributed by atoms with E-state index in [1.165, 1.54) is 19.1 Å². The largest absolute Gasteiger partial charge is 0.506 e. The first-order valence-electron chi connectivity index (χ1n) is 8.30. The SMILES string of the molecule is CC(=N[C@H]1C(O)O[C@H](CO)[C@@H](O)[C@@H]1O)C1=C(O)c2cccc([N+](=O)[O-])c2C1=O. The molecule has 150 valence electrons. The van der Waals surface area contributed by atoms with Crippen molar-refractivity contribution in [1.29, 1.82) is 0 Å². The van der Waals surface area contributed by atoms with Gasteiger partial charge in [0.05, 0.1) is 17.1 Å². The molecule has 0 radical (unpaired) electrons. The number of nitro benzene ring substituents is 1. The second kappa shape index (κ2) is 7.37. The van der Waals surface area contributed by atoms with Gasteiger partial charge in [0.15, 0.2) is 6.29 Å². The van der Waals surface area contributed by atoms with E-state index >= 15 is 0 Å². The first-order valence-corrected chi connectivity index (χ1v) is 8.30. The van der Waals surface area contributed by atoms with Crippen molar-refractivity contribution in [3.05, 3.63) is 45.0 Å². The van der Waals surface area contributed by atoms with E-state index in [0.717, 1.165) is 6.07 Å². The smallest absolute Gasteiger partial charge is 0.281 e.